The first-order valence-corrected chi connectivity index (χ1v) is 5.90. The van der Waals surface area contributed by atoms with Crippen molar-refractivity contribution >= 4 is 15.9 Å². The predicted octanol–water partition coefficient (Wildman–Crippen LogP) is 2.05. The molecule has 0 saturated heterocycles. The van der Waals surface area contributed by atoms with Gasteiger partial charge in [0.25, 0.3) is 5.92 Å². The fourth-order valence-electron chi connectivity index (χ4n) is 1.13. The maximum atomic E-state index is 12.6. The molecule has 96 valence electrons. The lowest BCUT2D eigenvalue weighted by Gasteiger charge is -2.14. The molecule has 0 unspecified atom stereocenters. The van der Waals surface area contributed by atoms with Crippen molar-refractivity contribution in [1.82, 2.24) is 5.32 Å². The van der Waals surface area contributed by atoms with Gasteiger partial charge in [-0.15, -0.1) is 0 Å². The zero-order valence-electron chi connectivity index (χ0n) is 9.13. The molecule has 1 rings (SSSR count). The number of benzene rings is 1. The lowest BCUT2D eigenvalue weighted by Crippen LogP contribution is -2.37. The van der Waals surface area contributed by atoms with Crippen molar-refractivity contribution in [3.8, 4) is 5.75 Å². The monoisotopic (exact) mass is 309 g/mol. The lowest BCUT2D eigenvalue weighted by atomic mass is 10.3. The van der Waals surface area contributed by atoms with Gasteiger partial charge in [0.1, 0.15) is 19.0 Å². The molecular formula is C11H14BrF2NO2. The number of hydrogen-bond acceptors (Lipinski definition) is 3. The second-order valence-electron chi connectivity index (χ2n) is 3.50. The van der Waals surface area contributed by atoms with Gasteiger partial charge in [-0.3, -0.25) is 0 Å². The van der Waals surface area contributed by atoms with Crippen LogP contribution < -0.4 is 10.1 Å². The van der Waals surface area contributed by atoms with Crippen LogP contribution in [0, 0.1) is 0 Å². The number of hydrogen-bond donors (Lipinski definition) is 2. The summed E-state index contributed by atoms with van der Waals surface area (Å²) in [7, 11) is 0. The lowest BCUT2D eigenvalue weighted by molar-refractivity contribution is -0.0477. The zero-order chi connectivity index (χ0) is 12.7. The minimum absolute atomic E-state index is 0.290. The molecule has 6 heteroatoms. The van der Waals surface area contributed by atoms with E-state index >= 15 is 0 Å². The second-order valence-corrected chi connectivity index (χ2v) is 4.41. The van der Waals surface area contributed by atoms with Crippen molar-refractivity contribution in [3.63, 3.8) is 0 Å². The first kappa shape index (κ1) is 14.3. The van der Waals surface area contributed by atoms with Gasteiger partial charge in [-0.05, 0) is 18.2 Å². The molecule has 0 saturated carbocycles. The summed E-state index contributed by atoms with van der Waals surface area (Å²) in [6.07, 6.45) is 0. The molecule has 0 aliphatic heterocycles. The van der Waals surface area contributed by atoms with Crippen molar-refractivity contribution < 1.29 is 18.6 Å². The molecule has 3 nitrogen and oxygen atoms in total. The Morgan fingerprint density at radius 3 is 2.82 bits per heavy atom. The molecule has 0 radical (unpaired) electrons. The number of alkyl halides is 2. The minimum Gasteiger partial charge on any atom is -0.492 e. The highest BCUT2D eigenvalue weighted by Crippen LogP contribution is 2.17. The van der Waals surface area contributed by atoms with Gasteiger partial charge in [0, 0.05) is 11.0 Å². The van der Waals surface area contributed by atoms with Crippen LogP contribution in [-0.2, 0) is 0 Å². The van der Waals surface area contributed by atoms with Crippen LogP contribution in [0.1, 0.15) is 0 Å². The molecule has 1 aromatic carbocycles. The van der Waals surface area contributed by atoms with E-state index in [0.29, 0.717) is 12.3 Å². The van der Waals surface area contributed by atoms with Crippen LogP contribution in [0.5, 0.6) is 5.75 Å². The summed E-state index contributed by atoms with van der Waals surface area (Å²) >= 11 is 3.30. The zero-order valence-corrected chi connectivity index (χ0v) is 10.7. The smallest absolute Gasteiger partial charge is 0.282 e. The quantitative estimate of drug-likeness (QED) is 0.757. The molecule has 0 atom stereocenters. The van der Waals surface area contributed by atoms with E-state index in [1.807, 2.05) is 12.1 Å². The Morgan fingerprint density at radius 2 is 2.18 bits per heavy atom. The van der Waals surface area contributed by atoms with Crippen molar-refractivity contribution in [2.24, 2.45) is 0 Å². The van der Waals surface area contributed by atoms with Gasteiger partial charge in [0.05, 0.1) is 6.54 Å². The number of rotatable bonds is 7. The summed E-state index contributed by atoms with van der Waals surface area (Å²) in [5.74, 6) is -2.40. The van der Waals surface area contributed by atoms with Crippen molar-refractivity contribution in [2.45, 2.75) is 5.92 Å². The van der Waals surface area contributed by atoms with E-state index in [1.54, 1.807) is 12.1 Å². The highest BCUT2D eigenvalue weighted by Gasteiger charge is 2.26. The molecule has 1 aromatic rings. The fourth-order valence-corrected chi connectivity index (χ4v) is 1.50. The van der Waals surface area contributed by atoms with E-state index in [2.05, 4.69) is 21.2 Å². The van der Waals surface area contributed by atoms with Crippen molar-refractivity contribution in [1.29, 1.82) is 0 Å². The number of aliphatic hydroxyl groups is 1. The van der Waals surface area contributed by atoms with Gasteiger partial charge in [0.15, 0.2) is 0 Å². The molecule has 0 bridgehead atoms. The molecule has 0 fully saturated rings. The van der Waals surface area contributed by atoms with Crippen LogP contribution in [0.4, 0.5) is 8.78 Å². The average molecular weight is 310 g/mol. The van der Waals surface area contributed by atoms with Gasteiger partial charge in [-0.25, -0.2) is 8.78 Å². The maximum Gasteiger partial charge on any atom is 0.282 e. The highest BCUT2D eigenvalue weighted by atomic mass is 79.9. The van der Waals surface area contributed by atoms with E-state index in [1.165, 1.54) is 0 Å². The van der Waals surface area contributed by atoms with Gasteiger partial charge in [0.2, 0.25) is 0 Å². The average Bonchev–Trinajstić information content (AvgIpc) is 2.29. The molecule has 2 N–H and O–H groups in total. The third kappa shape index (κ3) is 5.95. The van der Waals surface area contributed by atoms with Gasteiger partial charge < -0.3 is 15.2 Å². The Bertz CT molecular complexity index is 350. The molecule has 0 aromatic heterocycles. The third-order valence-electron chi connectivity index (χ3n) is 1.96. The van der Waals surface area contributed by atoms with Crippen LogP contribution in [0.3, 0.4) is 0 Å². The first-order valence-electron chi connectivity index (χ1n) is 5.11. The maximum absolute atomic E-state index is 12.6. The summed E-state index contributed by atoms with van der Waals surface area (Å²) in [6.45, 7) is -1.11. The molecule has 17 heavy (non-hydrogen) atoms. The van der Waals surface area contributed by atoms with Gasteiger partial charge in [-0.2, -0.15) is 0 Å². The third-order valence-corrected chi connectivity index (χ3v) is 2.45. The van der Waals surface area contributed by atoms with Crippen LogP contribution in [0.2, 0.25) is 0 Å². The molecule has 0 amide bonds. The van der Waals surface area contributed by atoms with Crippen molar-refractivity contribution in [3.05, 3.63) is 28.7 Å². The van der Waals surface area contributed by atoms with Crippen LogP contribution in [0.15, 0.2) is 28.7 Å². The SMILES string of the molecule is OCC(F)(F)CNCCOc1cccc(Br)c1. The summed E-state index contributed by atoms with van der Waals surface area (Å²) in [4.78, 5) is 0. The fraction of sp³-hybridized carbons (Fsp3) is 0.455. The van der Waals surface area contributed by atoms with Crippen LogP contribution >= 0.6 is 15.9 Å². The summed E-state index contributed by atoms with van der Waals surface area (Å²) < 4.78 is 31.4. The standard InChI is InChI=1S/C11H14BrF2NO2/c12-9-2-1-3-10(6-9)17-5-4-15-7-11(13,14)8-16/h1-3,6,15-16H,4-5,7-8H2. The molecule has 0 spiro atoms. The van der Waals surface area contributed by atoms with E-state index in [4.69, 9.17) is 9.84 Å². The van der Waals surface area contributed by atoms with E-state index in [0.717, 1.165) is 4.47 Å². The number of ether oxygens (including phenoxy) is 1. The highest BCUT2D eigenvalue weighted by molar-refractivity contribution is 9.10. The van der Waals surface area contributed by atoms with Gasteiger partial charge in [-0.1, -0.05) is 22.0 Å². The largest absolute Gasteiger partial charge is 0.492 e. The van der Waals surface area contributed by atoms with E-state index in [-0.39, 0.29) is 6.61 Å². The molecule has 0 aliphatic rings. The van der Waals surface area contributed by atoms with Gasteiger partial charge >= 0.3 is 0 Å². The Morgan fingerprint density at radius 1 is 1.41 bits per heavy atom. The Balaban J connectivity index is 2.17. The van der Waals surface area contributed by atoms with Crippen LogP contribution in [0.25, 0.3) is 0 Å². The number of aliphatic hydroxyl groups excluding tert-OH is 1. The van der Waals surface area contributed by atoms with Crippen molar-refractivity contribution in [2.75, 3.05) is 26.3 Å². The van der Waals surface area contributed by atoms with Crippen LogP contribution in [-0.4, -0.2) is 37.3 Å². The molecular weight excluding hydrogens is 296 g/mol. The number of halogens is 3. The van der Waals surface area contributed by atoms with E-state index in [9.17, 15) is 8.78 Å². The topological polar surface area (TPSA) is 41.5 Å². The number of nitrogens with one attached hydrogen (secondary N) is 1. The predicted molar refractivity (Wildman–Crippen MR) is 64.5 cm³/mol. The second kappa shape index (κ2) is 6.88. The minimum atomic E-state index is -3.07. The summed E-state index contributed by atoms with van der Waals surface area (Å²) in [5.41, 5.74) is 0. The summed E-state index contributed by atoms with van der Waals surface area (Å²) in [5, 5.41) is 10.8. The Hall–Kier alpha value is -0.720. The Kier molecular flexibility index (Phi) is 5.80. The molecule has 0 heterocycles. The summed E-state index contributed by atoms with van der Waals surface area (Å²) in [6, 6.07) is 7.27. The molecule has 0 aliphatic carbocycles. The normalized spacial score (nSPS) is 11.5. The first-order chi connectivity index (χ1) is 8.03. The van der Waals surface area contributed by atoms with E-state index < -0.39 is 19.1 Å². The Labute approximate surface area is 107 Å².